The lowest BCUT2D eigenvalue weighted by Crippen LogP contribution is -2.15. The first-order chi connectivity index (χ1) is 8.13. The van der Waals surface area contributed by atoms with Crippen LogP contribution in [0.25, 0.3) is 0 Å². The summed E-state index contributed by atoms with van der Waals surface area (Å²) < 4.78 is 18.9. The largest absolute Gasteiger partial charge is 0.491 e. The molecule has 0 saturated heterocycles. The van der Waals surface area contributed by atoms with Crippen LogP contribution >= 0.6 is 0 Å². The summed E-state index contributed by atoms with van der Waals surface area (Å²) in [6, 6.07) is 2.66. The first kappa shape index (κ1) is 10.1. The Labute approximate surface area is 96.2 Å². The third-order valence-electron chi connectivity index (χ3n) is 3.35. The second kappa shape index (κ2) is 3.20. The smallest absolute Gasteiger partial charge is 0.336 e. The molecule has 1 N–H and O–H groups in total. The minimum absolute atomic E-state index is 0.0799. The van der Waals surface area contributed by atoms with Crippen LogP contribution in [0.1, 0.15) is 33.8 Å². The Kier molecular flexibility index (Phi) is 1.90. The number of aromatic carboxylic acids is 1. The maximum Gasteiger partial charge on any atom is 0.336 e. The first-order valence-corrected chi connectivity index (χ1v) is 5.26. The summed E-state index contributed by atoms with van der Waals surface area (Å²) in [6.07, 6.45) is 0.851. The summed E-state index contributed by atoms with van der Waals surface area (Å²) in [5.74, 6) is -1.46. The molecule has 1 aromatic rings. The Bertz CT molecular complexity index is 576. The Balaban J connectivity index is 2.30. The van der Waals surface area contributed by atoms with Crippen molar-refractivity contribution in [2.75, 3.05) is 6.61 Å². The van der Waals surface area contributed by atoms with Gasteiger partial charge in [0.25, 0.3) is 0 Å². The average Bonchev–Trinajstić information content (AvgIpc) is 3.06. The second-order valence-electron chi connectivity index (χ2n) is 4.35. The van der Waals surface area contributed by atoms with E-state index in [1.54, 1.807) is 6.07 Å². The number of nitriles is 1. The molecule has 0 spiro atoms. The number of hydrogen-bond acceptors (Lipinski definition) is 3. The van der Waals surface area contributed by atoms with Crippen LogP contribution in [0.2, 0.25) is 0 Å². The van der Waals surface area contributed by atoms with E-state index in [-0.39, 0.29) is 22.8 Å². The fraction of sp³-hybridized carbons (Fsp3) is 0.333. The predicted octanol–water partition coefficient (Wildman–Crippen LogP) is 1.89. The molecule has 0 bridgehead atoms. The maximum absolute atomic E-state index is 13.6. The lowest BCUT2D eigenvalue weighted by atomic mass is 9.95. The summed E-state index contributed by atoms with van der Waals surface area (Å²) in [5, 5.41) is 17.9. The van der Waals surface area contributed by atoms with Crippen LogP contribution in [0.3, 0.4) is 0 Å². The van der Waals surface area contributed by atoms with E-state index in [4.69, 9.17) is 15.1 Å². The zero-order chi connectivity index (χ0) is 12.2. The number of fused-ring (bicyclic) bond motifs is 3. The van der Waals surface area contributed by atoms with Crippen molar-refractivity contribution in [1.82, 2.24) is 0 Å². The summed E-state index contributed by atoms with van der Waals surface area (Å²) in [7, 11) is 0. The van der Waals surface area contributed by atoms with E-state index in [9.17, 15) is 9.18 Å². The van der Waals surface area contributed by atoms with Gasteiger partial charge in [0.1, 0.15) is 23.2 Å². The number of hydrogen-bond donors (Lipinski definition) is 1. The van der Waals surface area contributed by atoms with Gasteiger partial charge in [0, 0.05) is 11.5 Å². The zero-order valence-electron chi connectivity index (χ0n) is 8.74. The normalized spacial score (nSPS) is 24.0. The van der Waals surface area contributed by atoms with Gasteiger partial charge in [-0.05, 0) is 18.4 Å². The molecule has 2 aliphatic rings. The Morgan fingerprint density at radius 3 is 3.06 bits per heavy atom. The van der Waals surface area contributed by atoms with Crippen LogP contribution < -0.4 is 4.74 Å². The number of carboxylic acid groups (broad SMARTS) is 1. The van der Waals surface area contributed by atoms with Crippen LogP contribution in [0, 0.1) is 23.1 Å². The number of ether oxygens (including phenoxy) is 1. The molecule has 5 heteroatoms. The number of carbonyl (C=O) groups is 1. The van der Waals surface area contributed by atoms with Gasteiger partial charge in [0.2, 0.25) is 0 Å². The molecule has 0 radical (unpaired) electrons. The van der Waals surface area contributed by atoms with Crippen molar-refractivity contribution in [1.29, 1.82) is 5.26 Å². The van der Waals surface area contributed by atoms with Crippen molar-refractivity contribution in [2.45, 2.75) is 12.3 Å². The molecule has 1 heterocycles. The van der Waals surface area contributed by atoms with Crippen molar-refractivity contribution < 1.29 is 19.0 Å². The molecule has 3 rings (SSSR count). The summed E-state index contributed by atoms with van der Waals surface area (Å²) >= 11 is 0. The summed E-state index contributed by atoms with van der Waals surface area (Å²) in [4.78, 5) is 11.1. The molecule has 2 atom stereocenters. The van der Waals surface area contributed by atoms with Crippen molar-refractivity contribution in [3.05, 3.63) is 28.6 Å². The second-order valence-corrected chi connectivity index (χ2v) is 4.35. The minimum atomic E-state index is -1.18. The lowest BCUT2D eigenvalue weighted by molar-refractivity contribution is 0.0693. The third kappa shape index (κ3) is 1.30. The van der Waals surface area contributed by atoms with E-state index in [2.05, 4.69) is 0 Å². The molecule has 0 aromatic heterocycles. The molecule has 1 saturated carbocycles. The van der Waals surface area contributed by atoms with Crippen molar-refractivity contribution in [2.24, 2.45) is 5.92 Å². The standard InChI is InChI=1S/C12H8FNO3/c13-9-2-7(12(15)16)10-6-1-5(6)4-17-11(10)8(9)3-14/h2,5-6H,1,4H2,(H,15,16). The van der Waals surface area contributed by atoms with Crippen LogP contribution in [0.4, 0.5) is 4.39 Å². The van der Waals surface area contributed by atoms with Gasteiger partial charge in [0.05, 0.1) is 12.2 Å². The SMILES string of the molecule is N#Cc1c(F)cc(C(=O)O)c2c1OCC1CC21. The Morgan fingerprint density at radius 2 is 2.41 bits per heavy atom. The average molecular weight is 233 g/mol. The Morgan fingerprint density at radius 1 is 1.65 bits per heavy atom. The van der Waals surface area contributed by atoms with Gasteiger partial charge in [-0.1, -0.05) is 0 Å². The molecular formula is C12H8FNO3. The van der Waals surface area contributed by atoms with E-state index < -0.39 is 11.8 Å². The van der Waals surface area contributed by atoms with E-state index in [1.807, 2.05) is 0 Å². The molecule has 1 aliphatic heterocycles. The quantitative estimate of drug-likeness (QED) is 0.804. The van der Waals surface area contributed by atoms with Crippen molar-refractivity contribution >= 4 is 5.97 Å². The van der Waals surface area contributed by atoms with E-state index in [0.717, 1.165) is 12.5 Å². The molecule has 4 nitrogen and oxygen atoms in total. The number of halogens is 1. The number of rotatable bonds is 1. The molecule has 0 amide bonds. The fourth-order valence-corrected chi connectivity index (χ4v) is 2.42. The van der Waals surface area contributed by atoms with E-state index >= 15 is 0 Å². The lowest BCUT2D eigenvalue weighted by Gasteiger charge is -2.19. The predicted molar refractivity (Wildman–Crippen MR) is 54.4 cm³/mol. The highest BCUT2D eigenvalue weighted by molar-refractivity contribution is 5.91. The molecule has 2 unspecified atom stereocenters. The molecule has 86 valence electrons. The Hall–Kier alpha value is -2.09. The van der Waals surface area contributed by atoms with Crippen LogP contribution in [-0.2, 0) is 0 Å². The fourth-order valence-electron chi connectivity index (χ4n) is 2.42. The molecular weight excluding hydrogens is 225 g/mol. The zero-order valence-corrected chi connectivity index (χ0v) is 8.74. The summed E-state index contributed by atoms with van der Waals surface area (Å²) in [5.41, 5.74) is 0.228. The first-order valence-electron chi connectivity index (χ1n) is 5.26. The number of carboxylic acids is 1. The summed E-state index contributed by atoms with van der Waals surface area (Å²) in [6.45, 7) is 0.439. The highest BCUT2D eigenvalue weighted by Crippen LogP contribution is 2.55. The minimum Gasteiger partial charge on any atom is -0.491 e. The van der Waals surface area contributed by atoms with E-state index in [0.29, 0.717) is 18.1 Å². The highest BCUT2D eigenvalue weighted by atomic mass is 19.1. The number of benzene rings is 1. The van der Waals surface area contributed by atoms with E-state index in [1.165, 1.54) is 0 Å². The van der Waals surface area contributed by atoms with Gasteiger partial charge in [0.15, 0.2) is 0 Å². The van der Waals surface area contributed by atoms with Gasteiger partial charge in [-0.15, -0.1) is 0 Å². The van der Waals surface area contributed by atoms with Crippen LogP contribution in [0.5, 0.6) is 5.75 Å². The van der Waals surface area contributed by atoms with Gasteiger partial charge >= 0.3 is 5.97 Å². The molecule has 1 aromatic carbocycles. The van der Waals surface area contributed by atoms with Crippen molar-refractivity contribution in [3.63, 3.8) is 0 Å². The number of nitrogens with zero attached hydrogens (tertiary/aromatic N) is 1. The molecule has 17 heavy (non-hydrogen) atoms. The molecule has 1 fully saturated rings. The topological polar surface area (TPSA) is 70.3 Å². The molecule has 1 aliphatic carbocycles. The van der Waals surface area contributed by atoms with Gasteiger partial charge in [-0.2, -0.15) is 5.26 Å². The maximum atomic E-state index is 13.6. The van der Waals surface area contributed by atoms with Gasteiger partial charge in [-0.25, -0.2) is 9.18 Å². The van der Waals surface area contributed by atoms with Gasteiger partial charge < -0.3 is 9.84 Å². The van der Waals surface area contributed by atoms with Crippen LogP contribution in [-0.4, -0.2) is 17.7 Å². The van der Waals surface area contributed by atoms with Gasteiger partial charge in [-0.3, -0.25) is 0 Å². The highest BCUT2D eigenvalue weighted by Gasteiger charge is 2.47. The monoisotopic (exact) mass is 233 g/mol. The van der Waals surface area contributed by atoms with Crippen molar-refractivity contribution in [3.8, 4) is 11.8 Å². The van der Waals surface area contributed by atoms with Crippen LogP contribution in [0.15, 0.2) is 6.07 Å². The third-order valence-corrected chi connectivity index (χ3v) is 3.35.